The first-order valence-corrected chi connectivity index (χ1v) is 20.4. The van der Waals surface area contributed by atoms with Gasteiger partial charge in [-0.3, -0.25) is 9.21 Å². The van der Waals surface area contributed by atoms with Crippen LogP contribution in [0, 0.1) is 5.92 Å². The van der Waals surface area contributed by atoms with Gasteiger partial charge in [0.2, 0.25) is 0 Å². The summed E-state index contributed by atoms with van der Waals surface area (Å²) in [5.41, 5.74) is 2.70. The molecule has 2 fully saturated rings. The number of hydrogen-bond donors (Lipinski definition) is 2. The summed E-state index contributed by atoms with van der Waals surface area (Å²) in [5.74, 6) is 1.16. The van der Waals surface area contributed by atoms with Gasteiger partial charge >= 0.3 is 13.5 Å². The molecular formula is C39H49N8O8P. The second-order valence-corrected chi connectivity index (χ2v) is 15.8. The number of benzene rings is 3. The third-order valence-electron chi connectivity index (χ3n) is 10.4. The van der Waals surface area contributed by atoms with Gasteiger partial charge in [0.25, 0.3) is 0 Å². The van der Waals surface area contributed by atoms with Crippen molar-refractivity contribution in [3.8, 4) is 11.4 Å². The van der Waals surface area contributed by atoms with Crippen LogP contribution in [-0.4, -0.2) is 90.0 Å². The van der Waals surface area contributed by atoms with E-state index in [2.05, 4.69) is 44.0 Å². The highest BCUT2D eigenvalue weighted by Crippen LogP contribution is 2.43. The summed E-state index contributed by atoms with van der Waals surface area (Å²) in [6, 6.07) is 24.1. The van der Waals surface area contributed by atoms with Gasteiger partial charge in [-0.25, -0.2) is 23.6 Å². The Labute approximate surface area is 325 Å². The topological polar surface area (TPSA) is 171 Å². The van der Waals surface area contributed by atoms with Crippen LogP contribution in [0.2, 0.25) is 0 Å². The van der Waals surface area contributed by atoms with Crippen molar-refractivity contribution >= 4 is 19.2 Å². The fourth-order valence-corrected chi connectivity index (χ4v) is 7.97. The van der Waals surface area contributed by atoms with Gasteiger partial charge in [-0.15, -0.1) is 0 Å². The van der Waals surface area contributed by atoms with Crippen LogP contribution in [0.4, 0.5) is 11.4 Å². The minimum absolute atomic E-state index is 0.278. The lowest BCUT2D eigenvalue weighted by atomic mass is 9.96. The number of anilines is 2. The van der Waals surface area contributed by atoms with E-state index in [1.165, 1.54) is 15.6 Å². The number of phosphoric acid groups is 1. The van der Waals surface area contributed by atoms with E-state index in [-0.39, 0.29) is 11.3 Å². The Balaban J connectivity index is 0.907. The number of aromatic nitrogens is 6. The summed E-state index contributed by atoms with van der Waals surface area (Å²) < 4.78 is 39.6. The van der Waals surface area contributed by atoms with Gasteiger partial charge in [0.1, 0.15) is 24.7 Å². The molecule has 0 radical (unpaired) electrons. The number of rotatable bonds is 16. The molecule has 298 valence electrons. The molecule has 0 aliphatic carbocycles. The summed E-state index contributed by atoms with van der Waals surface area (Å²) in [6.07, 6.45) is 4.08. The zero-order chi connectivity index (χ0) is 39.3. The van der Waals surface area contributed by atoms with E-state index in [1.54, 1.807) is 49.9 Å². The molecule has 17 heteroatoms. The van der Waals surface area contributed by atoms with E-state index in [9.17, 15) is 19.1 Å². The maximum atomic E-state index is 13.6. The van der Waals surface area contributed by atoms with Gasteiger partial charge in [0.15, 0.2) is 6.29 Å². The maximum Gasteiger partial charge on any atom is 0.472 e. The molecule has 56 heavy (non-hydrogen) atoms. The van der Waals surface area contributed by atoms with E-state index in [0.717, 1.165) is 49.7 Å². The van der Waals surface area contributed by atoms with Crippen LogP contribution in [0.15, 0.2) is 103 Å². The molecule has 0 amide bonds. The van der Waals surface area contributed by atoms with Crippen molar-refractivity contribution in [2.45, 2.75) is 64.2 Å². The Hall–Kier alpha value is -4.83. The predicted molar refractivity (Wildman–Crippen MR) is 209 cm³/mol. The Morgan fingerprint density at radius 3 is 2.16 bits per heavy atom. The van der Waals surface area contributed by atoms with E-state index in [1.807, 2.05) is 48.0 Å². The molecule has 2 aromatic heterocycles. The lowest BCUT2D eigenvalue weighted by Crippen LogP contribution is -2.46. The minimum atomic E-state index is -4.88. The van der Waals surface area contributed by atoms with Gasteiger partial charge in [0, 0.05) is 49.0 Å². The quantitative estimate of drug-likeness (QED) is 0.101. The molecule has 2 aliphatic rings. The Bertz CT molecular complexity index is 2100. The first-order valence-electron chi connectivity index (χ1n) is 18.9. The van der Waals surface area contributed by atoms with Crippen molar-refractivity contribution in [3.05, 3.63) is 114 Å². The normalized spacial score (nSPS) is 20.6. The largest absolute Gasteiger partial charge is 0.493 e. The average Bonchev–Trinajstić information content (AvgIpc) is 3.95. The molecule has 16 nitrogen and oxygen atoms in total. The summed E-state index contributed by atoms with van der Waals surface area (Å²) >= 11 is 0. The van der Waals surface area contributed by atoms with Crippen LogP contribution in [-0.2, 0) is 25.1 Å². The van der Waals surface area contributed by atoms with Crippen molar-refractivity contribution in [1.82, 2.24) is 29.1 Å². The van der Waals surface area contributed by atoms with E-state index in [0.29, 0.717) is 43.3 Å². The van der Waals surface area contributed by atoms with Crippen molar-refractivity contribution in [2.75, 3.05) is 49.2 Å². The van der Waals surface area contributed by atoms with Gasteiger partial charge in [0.05, 0.1) is 43.2 Å². The smallest absolute Gasteiger partial charge is 0.472 e. The third-order valence-corrected chi connectivity index (χ3v) is 10.9. The highest BCUT2D eigenvalue weighted by molar-refractivity contribution is 7.46. The van der Waals surface area contributed by atoms with Gasteiger partial charge < -0.3 is 33.8 Å². The second kappa shape index (κ2) is 17.1. The maximum absolute atomic E-state index is 13.6. The van der Waals surface area contributed by atoms with Crippen LogP contribution >= 0.6 is 7.82 Å². The molecule has 5 aromatic rings. The van der Waals surface area contributed by atoms with Crippen molar-refractivity contribution < 1.29 is 33.1 Å². The van der Waals surface area contributed by atoms with Crippen molar-refractivity contribution in [1.29, 1.82) is 0 Å². The molecule has 0 saturated carbocycles. The predicted octanol–water partition coefficient (Wildman–Crippen LogP) is 4.99. The first kappa shape index (κ1) is 39.4. The fourth-order valence-electron chi connectivity index (χ4n) is 7.55. The lowest BCUT2D eigenvalue weighted by molar-refractivity contribution is -0.141. The van der Waals surface area contributed by atoms with Gasteiger partial charge in [-0.05, 0) is 75.2 Å². The first-order chi connectivity index (χ1) is 27.0. The minimum Gasteiger partial charge on any atom is -0.493 e. The Kier molecular flexibility index (Phi) is 12.0. The molecule has 1 unspecified atom stereocenters. The number of piperazine rings is 1. The van der Waals surface area contributed by atoms with Crippen LogP contribution in [0.1, 0.15) is 51.5 Å². The third kappa shape index (κ3) is 9.57. The summed E-state index contributed by atoms with van der Waals surface area (Å²) in [4.78, 5) is 41.4. The molecule has 2 aliphatic heterocycles. The van der Waals surface area contributed by atoms with Crippen LogP contribution in [0.25, 0.3) is 5.69 Å². The van der Waals surface area contributed by atoms with Gasteiger partial charge in [-0.2, -0.15) is 10.2 Å². The molecule has 4 heterocycles. The monoisotopic (exact) mass is 788 g/mol. The molecule has 3 aromatic carbocycles. The number of ether oxygens (including phenoxy) is 3. The molecular weight excluding hydrogens is 739 g/mol. The van der Waals surface area contributed by atoms with Crippen LogP contribution in [0.3, 0.4) is 0 Å². The SMILES string of the molecule is CC[C@@H]([C@H](C)OC(OP(=O)(O)O)c1ccccc1)n1ncn(-c2ccc(N3CCN(c4ccc(OC[C@@H]5CO[C@](C)(Cn6cncn6)C5)cc4)CC3)cc2)c1=O. The van der Waals surface area contributed by atoms with Crippen molar-refractivity contribution in [3.63, 3.8) is 0 Å². The van der Waals surface area contributed by atoms with E-state index < -0.39 is 26.3 Å². The van der Waals surface area contributed by atoms with Crippen LogP contribution in [0.5, 0.6) is 5.75 Å². The standard InChI is InChI=1S/C39H49N8O8P/c1-4-36(29(2)54-37(55-56(49,50)51)31-8-6-5-7-9-31)47-38(48)46(28-42-47)34-12-10-32(11-13-34)43-18-20-44(21-19-43)33-14-16-35(17-15-33)52-23-30-22-39(3,53-24-30)25-45-27-40-26-41-45/h5-17,26-30,36-37H,4,18-25H2,1-3H3,(H2,49,50,51)/t29-,30+,36-,37?,39-/m0/s1. The molecule has 0 spiro atoms. The van der Waals surface area contributed by atoms with Crippen molar-refractivity contribution in [2.24, 2.45) is 5.92 Å². The summed E-state index contributed by atoms with van der Waals surface area (Å²) in [6.45, 7) is 11.1. The number of nitrogens with zero attached hydrogens (tertiary/aromatic N) is 8. The molecule has 5 atom stereocenters. The van der Waals surface area contributed by atoms with Crippen LogP contribution < -0.4 is 20.2 Å². The van der Waals surface area contributed by atoms with E-state index in [4.69, 9.17) is 18.7 Å². The fraction of sp³-hybridized carbons (Fsp3) is 0.436. The Morgan fingerprint density at radius 2 is 1.55 bits per heavy atom. The average molecular weight is 789 g/mol. The highest BCUT2D eigenvalue weighted by Gasteiger charge is 2.37. The molecule has 2 saturated heterocycles. The molecule has 7 rings (SSSR count). The van der Waals surface area contributed by atoms with E-state index >= 15 is 0 Å². The lowest BCUT2D eigenvalue weighted by Gasteiger charge is -2.37. The summed E-state index contributed by atoms with van der Waals surface area (Å²) in [7, 11) is -4.88. The number of hydrogen-bond acceptors (Lipinski definition) is 11. The molecule has 0 bridgehead atoms. The zero-order valence-corrected chi connectivity index (χ0v) is 32.7. The van der Waals surface area contributed by atoms with Gasteiger partial charge in [-0.1, -0.05) is 37.3 Å². The highest BCUT2D eigenvalue weighted by atomic mass is 31.2. The number of phosphoric ester groups is 1. The molecule has 2 N–H and O–H groups in total. The summed E-state index contributed by atoms with van der Waals surface area (Å²) in [5, 5.41) is 8.61. The second-order valence-electron chi connectivity index (χ2n) is 14.6. The zero-order valence-electron chi connectivity index (χ0n) is 31.8. The Morgan fingerprint density at radius 1 is 0.911 bits per heavy atom.